The molecule has 35 heavy (non-hydrogen) atoms. The summed E-state index contributed by atoms with van der Waals surface area (Å²) in [4.78, 5) is 26.6. The molecule has 0 aromatic heterocycles. The van der Waals surface area contributed by atoms with Crippen molar-refractivity contribution in [3.63, 3.8) is 0 Å². The Bertz CT molecular complexity index is 1200. The van der Waals surface area contributed by atoms with Crippen molar-refractivity contribution in [3.8, 4) is 0 Å². The first-order valence-corrected chi connectivity index (χ1v) is 14.8. The number of anilines is 2. The Hall–Kier alpha value is -2.20. The molecular weight excluding hydrogens is 491 g/mol. The van der Waals surface area contributed by atoms with Crippen molar-refractivity contribution >= 4 is 46.3 Å². The summed E-state index contributed by atoms with van der Waals surface area (Å²) in [5.74, 6) is -0.461. The Morgan fingerprint density at radius 1 is 1.23 bits per heavy atom. The summed E-state index contributed by atoms with van der Waals surface area (Å²) < 4.78 is 35.4. The van der Waals surface area contributed by atoms with E-state index in [1.54, 1.807) is 11.0 Å². The third kappa shape index (κ3) is 5.80. The molecule has 0 saturated carbocycles. The summed E-state index contributed by atoms with van der Waals surface area (Å²) in [6.07, 6.45) is 1.76. The Morgan fingerprint density at radius 3 is 2.37 bits per heavy atom. The molecule has 2 heterocycles. The van der Waals surface area contributed by atoms with Crippen molar-refractivity contribution in [2.75, 3.05) is 29.9 Å². The number of nitrogens with one attached hydrogen (secondary N) is 2. The fourth-order valence-corrected chi connectivity index (χ4v) is 6.30. The lowest BCUT2D eigenvalue weighted by atomic mass is 9.84. The van der Waals surface area contributed by atoms with E-state index in [1.807, 2.05) is 20.8 Å². The van der Waals surface area contributed by atoms with Crippen LogP contribution in [0.3, 0.4) is 0 Å². The van der Waals surface area contributed by atoms with E-state index in [4.69, 9.17) is 4.52 Å². The van der Waals surface area contributed by atoms with Gasteiger partial charge in [-0.3, -0.25) is 9.52 Å². The molecule has 0 spiro atoms. The van der Waals surface area contributed by atoms with E-state index in [0.717, 1.165) is 12.7 Å². The largest absolute Gasteiger partial charge is 0.509 e. The monoisotopic (exact) mass is 527 g/mol. The summed E-state index contributed by atoms with van der Waals surface area (Å²) in [5, 5.41) is 14.6. The topological polar surface area (TPSA) is 141 Å². The van der Waals surface area contributed by atoms with Crippen molar-refractivity contribution < 1.29 is 27.7 Å². The Labute approximate surface area is 208 Å². The highest BCUT2D eigenvalue weighted by molar-refractivity contribution is 7.92. The van der Waals surface area contributed by atoms with Crippen molar-refractivity contribution in [1.82, 2.24) is 4.90 Å². The maximum Gasteiger partial charge on any atom is 0.432 e. The van der Waals surface area contributed by atoms with Gasteiger partial charge in [-0.25, -0.2) is 8.42 Å². The van der Waals surface area contributed by atoms with E-state index in [2.05, 4.69) is 35.6 Å². The number of rotatable bonds is 6. The number of hydrogen-bond acceptors (Lipinski definition) is 8. The van der Waals surface area contributed by atoms with Gasteiger partial charge in [-0.2, -0.15) is 9.42 Å². The summed E-state index contributed by atoms with van der Waals surface area (Å²) >= 11 is 0. The number of hydrogen-bond donors (Lipinski definition) is 4. The van der Waals surface area contributed by atoms with Gasteiger partial charge < -0.3 is 15.3 Å². The van der Waals surface area contributed by atoms with E-state index >= 15 is 0 Å². The molecule has 1 aromatic carbocycles. The molecule has 0 bridgehead atoms. The standard InChI is InChI=1S/C23H35N4O6PS/c1-22(2,3)11-12-27-19(23(4,5)6)18(28)17(21(27)29)20-24-15-10-9-14(26-35(8,31)32)13-16(15)34(30,25-20)33-7/h9-10,13,19,26,30H,11-12H2,1-8H3,(H-,24,25,28,29)/p+1/t19-,34?/m1/s1. The SMILES string of the molecule is CO[P+]1(O)N=C(C2=C(O)[C@H](C(C)(C)C)N(CCC(C)(C)C)C2=O)Nc2ccc(NS(C)(=O)=O)cc21. The van der Waals surface area contributed by atoms with E-state index in [0.29, 0.717) is 12.2 Å². The highest BCUT2D eigenvalue weighted by atomic mass is 32.2. The smallest absolute Gasteiger partial charge is 0.432 e. The van der Waals surface area contributed by atoms with Crippen LogP contribution < -0.4 is 15.3 Å². The van der Waals surface area contributed by atoms with Crippen molar-refractivity contribution in [3.05, 3.63) is 29.5 Å². The van der Waals surface area contributed by atoms with Gasteiger partial charge in [-0.15, -0.1) is 0 Å². The normalized spacial score (nSPS) is 23.2. The predicted molar refractivity (Wildman–Crippen MR) is 140 cm³/mol. The quantitative estimate of drug-likeness (QED) is 0.416. The number of aliphatic hydroxyl groups excluding tert-OH is 1. The van der Waals surface area contributed by atoms with Crippen molar-refractivity contribution in [1.29, 1.82) is 0 Å². The molecule has 10 nitrogen and oxygen atoms in total. The van der Waals surface area contributed by atoms with Gasteiger partial charge in [0.2, 0.25) is 15.3 Å². The van der Waals surface area contributed by atoms with Crippen LogP contribution in [0, 0.1) is 10.8 Å². The van der Waals surface area contributed by atoms with E-state index in [9.17, 15) is 23.2 Å². The van der Waals surface area contributed by atoms with Crippen LogP contribution in [-0.4, -0.2) is 61.0 Å². The minimum absolute atomic E-state index is 0.00158. The first-order chi connectivity index (χ1) is 15.9. The Morgan fingerprint density at radius 2 is 1.86 bits per heavy atom. The summed E-state index contributed by atoms with van der Waals surface area (Å²) in [6.45, 7) is 12.6. The first-order valence-electron chi connectivity index (χ1n) is 11.3. The number of benzene rings is 1. The third-order valence-corrected chi connectivity index (χ3v) is 8.40. The van der Waals surface area contributed by atoms with Crippen molar-refractivity contribution in [2.24, 2.45) is 15.6 Å². The second-order valence-electron chi connectivity index (χ2n) is 11.2. The van der Waals surface area contributed by atoms with Crippen LogP contribution in [0.15, 0.2) is 34.3 Å². The summed E-state index contributed by atoms with van der Waals surface area (Å²) in [5.41, 5.74) is 0.173. The zero-order valence-electron chi connectivity index (χ0n) is 21.5. The van der Waals surface area contributed by atoms with Gasteiger partial charge >= 0.3 is 7.87 Å². The lowest BCUT2D eigenvalue weighted by molar-refractivity contribution is -0.128. The van der Waals surface area contributed by atoms with Gasteiger partial charge in [0, 0.05) is 12.6 Å². The van der Waals surface area contributed by atoms with Crippen molar-refractivity contribution in [2.45, 2.75) is 54.0 Å². The molecule has 2 aliphatic rings. The van der Waals surface area contributed by atoms with Gasteiger partial charge in [0.1, 0.15) is 11.3 Å². The van der Waals surface area contributed by atoms with Crippen LogP contribution in [0.25, 0.3) is 0 Å². The molecule has 2 atom stereocenters. The van der Waals surface area contributed by atoms with Gasteiger partial charge in [-0.1, -0.05) is 41.5 Å². The zero-order valence-corrected chi connectivity index (χ0v) is 23.2. The van der Waals surface area contributed by atoms with E-state index in [-0.39, 0.29) is 39.5 Å². The van der Waals surface area contributed by atoms with Crippen LogP contribution in [0.1, 0.15) is 48.0 Å². The molecule has 2 aliphatic heterocycles. The molecule has 3 rings (SSSR count). The van der Waals surface area contributed by atoms with Crippen LogP contribution in [0.2, 0.25) is 0 Å². The van der Waals surface area contributed by atoms with Crippen LogP contribution in [-0.2, 0) is 19.3 Å². The Kier molecular flexibility index (Phi) is 7.07. The fraction of sp³-hybridized carbons (Fsp3) is 0.565. The molecule has 0 aliphatic carbocycles. The highest BCUT2D eigenvalue weighted by Crippen LogP contribution is 2.59. The average molecular weight is 528 g/mol. The van der Waals surface area contributed by atoms with Crippen LogP contribution in [0.4, 0.5) is 11.4 Å². The second-order valence-corrected chi connectivity index (χ2v) is 15.1. The number of fused-ring (bicyclic) bond motifs is 1. The van der Waals surface area contributed by atoms with Gasteiger partial charge in [0.25, 0.3) is 5.91 Å². The number of amides is 1. The number of sulfonamides is 1. The van der Waals surface area contributed by atoms with Gasteiger partial charge in [0.15, 0.2) is 5.84 Å². The van der Waals surface area contributed by atoms with Gasteiger partial charge in [0.05, 0.1) is 30.8 Å². The molecule has 0 radical (unpaired) electrons. The number of carbonyl (C=O) groups is 1. The second kappa shape index (κ2) is 9.03. The molecule has 194 valence electrons. The molecule has 4 N–H and O–H groups in total. The lowest BCUT2D eigenvalue weighted by Crippen LogP contribution is -2.45. The molecule has 0 fully saturated rings. The molecular formula is C23H36N4O6PS+. The first kappa shape index (κ1) is 27.4. The zero-order chi connectivity index (χ0) is 26.6. The number of carbonyl (C=O) groups excluding carboxylic acids is 1. The maximum atomic E-state index is 13.6. The number of amidine groups is 1. The highest BCUT2D eigenvalue weighted by Gasteiger charge is 2.52. The predicted octanol–water partition coefficient (Wildman–Crippen LogP) is 3.41. The third-order valence-electron chi connectivity index (χ3n) is 5.82. The molecule has 0 saturated heterocycles. The number of aliphatic hydroxyl groups is 1. The van der Waals surface area contributed by atoms with Gasteiger partial charge in [-0.05, 0) is 34.1 Å². The maximum absolute atomic E-state index is 13.6. The van der Waals surface area contributed by atoms with Crippen LogP contribution in [0.5, 0.6) is 0 Å². The summed E-state index contributed by atoms with van der Waals surface area (Å²) in [7, 11) is -5.88. The molecule has 1 aromatic rings. The number of nitrogens with zero attached hydrogens (tertiary/aromatic N) is 2. The molecule has 12 heteroatoms. The van der Waals surface area contributed by atoms with E-state index < -0.39 is 29.3 Å². The lowest BCUT2D eigenvalue weighted by Gasteiger charge is -2.36. The van der Waals surface area contributed by atoms with E-state index in [1.165, 1.54) is 19.2 Å². The Balaban J connectivity index is 2.07. The molecule has 1 unspecified atom stereocenters. The average Bonchev–Trinajstić information content (AvgIpc) is 2.94. The summed E-state index contributed by atoms with van der Waals surface area (Å²) in [6, 6.07) is 3.97. The minimum Gasteiger partial charge on any atom is -0.509 e. The molecule has 1 amide bonds. The minimum atomic E-state index is -3.64. The fourth-order valence-electron chi connectivity index (χ4n) is 4.19. The van der Waals surface area contributed by atoms with Crippen LogP contribution >= 0.6 is 7.87 Å².